The number of rotatable bonds is 73. The monoisotopic (exact) mass is 1450 g/mol. The van der Waals surface area contributed by atoms with Gasteiger partial charge in [-0.3, -0.25) is 32.5 Å². The molecule has 4 N–H and O–H groups in total. The van der Waals surface area contributed by atoms with Gasteiger partial charge < -0.3 is 34.2 Å². The van der Waals surface area contributed by atoms with Crippen LogP contribution in [0.1, 0.15) is 303 Å². The molecule has 0 saturated heterocycles. The predicted molar refractivity (Wildman–Crippen MR) is 417 cm³/mol. The molecule has 101 heavy (non-hydrogen) atoms. The van der Waals surface area contributed by atoms with Crippen LogP contribution >= 0.6 is 15.6 Å². The van der Waals surface area contributed by atoms with Crippen LogP contribution in [0.15, 0.2) is 146 Å². The number of aliphatic hydroxyl groups excluding tert-OH is 2. The molecule has 16 nitrogen and oxygen atoms in total. The molecule has 0 fully saturated rings. The molecular weight excluding hydrogens is 1310 g/mol. The molecule has 578 valence electrons. The Morgan fingerprint density at radius 3 is 0.842 bits per heavy atom. The van der Waals surface area contributed by atoms with Crippen molar-refractivity contribution >= 4 is 33.6 Å². The van der Waals surface area contributed by atoms with Crippen molar-refractivity contribution in [2.45, 2.75) is 322 Å². The Kier molecular flexibility index (Phi) is 71.7. The average Bonchev–Trinajstić information content (AvgIpc) is 1.14. The summed E-state index contributed by atoms with van der Waals surface area (Å²) in [6, 6.07) is 0. The molecule has 0 aliphatic rings. The number of phosphoric ester groups is 2. The second-order valence-electron chi connectivity index (χ2n) is 25.7. The van der Waals surface area contributed by atoms with Crippen LogP contribution in [-0.2, 0) is 55.8 Å². The minimum Gasteiger partial charge on any atom is -0.463 e. The lowest BCUT2D eigenvalue weighted by Gasteiger charge is -2.21. The lowest BCUT2D eigenvalue weighted by molar-refractivity contribution is -0.161. The molecule has 0 radical (unpaired) electrons. The van der Waals surface area contributed by atoms with E-state index < -0.39 is 91.5 Å². The largest absolute Gasteiger partial charge is 0.472 e. The van der Waals surface area contributed by atoms with E-state index in [1.807, 2.05) is 0 Å². The third kappa shape index (κ3) is 76.4. The molecule has 0 heterocycles. The number of esters is 3. The molecule has 0 aliphatic heterocycles. The summed E-state index contributed by atoms with van der Waals surface area (Å²) in [5.74, 6) is -1.61. The maximum absolute atomic E-state index is 13.0. The predicted octanol–water partition coefficient (Wildman–Crippen LogP) is 22.9. The quantitative estimate of drug-likeness (QED) is 0.0146. The van der Waals surface area contributed by atoms with Crippen molar-refractivity contribution in [1.82, 2.24) is 0 Å². The third-order valence-electron chi connectivity index (χ3n) is 16.0. The Labute approximate surface area is 613 Å². The van der Waals surface area contributed by atoms with Gasteiger partial charge in [0, 0.05) is 19.3 Å². The summed E-state index contributed by atoms with van der Waals surface area (Å²) in [5.41, 5.74) is 0. The lowest BCUT2D eigenvalue weighted by atomic mass is 10.1. The zero-order valence-electron chi connectivity index (χ0n) is 63.0. The summed E-state index contributed by atoms with van der Waals surface area (Å²) in [6.45, 7) is 2.41. The van der Waals surface area contributed by atoms with Gasteiger partial charge in [0.05, 0.1) is 26.4 Å². The number of hydrogen-bond acceptors (Lipinski definition) is 14. The van der Waals surface area contributed by atoms with Crippen molar-refractivity contribution in [2.75, 3.05) is 39.6 Å². The zero-order chi connectivity index (χ0) is 73.7. The Hall–Kier alpha value is -4.57. The van der Waals surface area contributed by atoms with E-state index in [-0.39, 0.29) is 19.3 Å². The van der Waals surface area contributed by atoms with Gasteiger partial charge in [0.2, 0.25) is 0 Å². The van der Waals surface area contributed by atoms with E-state index in [0.717, 1.165) is 173 Å². The van der Waals surface area contributed by atoms with Crippen molar-refractivity contribution < 1.29 is 75.8 Å². The van der Waals surface area contributed by atoms with E-state index in [9.17, 15) is 43.5 Å². The van der Waals surface area contributed by atoms with Gasteiger partial charge in [-0.25, -0.2) is 9.13 Å². The molecule has 0 bridgehead atoms. The maximum atomic E-state index is 13.0. The van der Waals surface area contributed by atoms with Crippen LogP contribution in [-0.4, -0.2) is 95.9 Å². The second-order valence-corrected chi connectivity index (χ2v) is 28.7. The third-order valence-corrected chi connectivity index (χ3v) is 17.9. The summed E-state index contributed by atoms with van der Waals surface area (Å²) in [7, 11) is -9.80. The smallest absolute Gasteiger partial charge is 0.463 e. The summed E-state index contributed by atoms with van der Waals surface area (Å²) >= 11 is 0. The number of allylic oxidation sites excluding steroid dienone is 24. The number of unbranched alkanes of at least 4 members (excludes halogenated alkanes) is 26. The number of carbonyl (C=O) groups is 3. The first-order valence-electron chi connectivity index (χ1n) is 39.1. The number of hydrogen-bond donors (Lipinski definition) is 4. The van der Waals surface area contributed by atoms with Crippen molar-refractivity contribution in [3.8, 4) is 0 Å². The first-order chi connectivity index (χ1) is 49.2. The van der Waals surface area contributed by atoms with Gasteiger partial charge in [0.25, 0.3) is 0 Å². The lowest BCUT2D eigenvalue weighted by Crippen LogP contribution is -2.30. The highest BCUT2D eigenvalue weighted by Gasteiger charge is 2.29. The summed E-state index contributed by atoms with van der Waals surface area (Å²) in [6.07, 6.45) is 91.7. The molecule has 0 rings (SSSR count). The molecule has 0 saturated carbocycles. The standard InChI is InChI=1S/C83H140O16P2/c1-4-7-10-13-16-19-22-25-28-30-32-34-35-36-37-38-39-40-41-43-45-46-49-51-54-57-60-63-66-69-81(86)93-72-78(84)73-95-100(89,90)96-74-79(85)75-97-101(91,92)98-77-80(99-83(88)71-68-65-62-59-56-53-48-27-24-21-18-15-12-9-6-3)76-94-82(87)70-67-64-61-58-55-52-50-47-44-42-33-31-29-26-23-20-17-14-11-8-5-2/h7-8,10-11,16-17,19-20,25-29,32-34,36-37,39-40,42,47-48,50,78-80,84-85H,4-6,9,12-15,18,21-24,30-31,35,38,41,43-46,49,51-77H2,1-3H3,(H,89,90)(H,91,92)/b10-7-,11-8-,19-16-,20-17-,28-25-,29-26-,34-32-,37-36-,40-39-,42-33-,48-27-,50-47-. The number of ether oxygens (including phenoxy) is 3. The molecule has 0 aliphatic carbocycles. The Morgan fingerprint density at radius 1 is 0.287 bits per heavy atom. The van der Waals surface area contributed by atoms with Gasteiger partial charge in [0.1, 0.15) is 25.4 Å². The van der Waals surface area contributed by atoms with Gasteiger partial charge in [0.15, 0.2) is 6.10 Å². The molecule has 0 spiro atoms. The van der Waals surface area contributed by atoms with Crippen molar-refractivity contribution in [3.05, 3.63) is 146 Å². The number of aliphatic hydroxyl groups is 2. The maximum Gasteiger partial charge on any atom is 0.472 e. The summed E-state index contributed by atoms with van der Waals surface area (Å²) in [4.78, 5) is 58.6. The van der Waals surface area contributed by atoms with E-state index in [1.165, 1.54) is 70.6 Å². The van der Waals surface area contributed by atoms with E-state index in [4.69, 9.17) is 32.3 Å². The molecule has 0 aromatic rings. The van der Waals surface area contributed by atoms with E-state index in [1.54, 1.807) is 0 Å². The Morgan fingerprint density at radius 2 is 0.525 bits per heavy atom. The second kappa shape index (κ2) is 75.1. The molecule has 5 unspecified atom stereocenters. The SMILES string of the molecule is CC/C=C\C/C=C\C/C=C\C/C=C\C/C=C\C/C=C\CCCCCCCCCCCCC(=O)OCC(O)COP(=O)(O)OCC(O)COP(=O)(O)OCC(COC(=O)CCCCCCC/C=C\C/C=C\C/C=C\C/C=C\C/C=C\CC)OC(=O)CCCCCCC/C=C\CCCCCCCC. The topological polar surface area (TPSA) is 231 Å². The first-order valence-corrected chi connectivity index (χ1v) is 42.1. The van der Waals surface area contributed by atoms with E-state index in [0.29, 0.717) is 19.3 Å². The fourth-order valence-electron chi connectivity index (χ4n) is 10.1. The van der Waals surface area contributed by atoms with Crippen LogP contribution in [0.2, 0.25) is 0 Å². The minimum absolute atomic E-state index is 0.0871. The molecule has 0 aromatic heterocycles. The van der Waals surface area contributed by atoms with Gasteiger partial charge >= 0.3 is 33.6 Å². The van der Waals surface area contributed by atoms with Crippen LogP contribution in [0.3, 0.4) is 0 Å². The summed E-state index contributed by atoms with van der Waals surface area (Å²) < 4.78 is 61.1. The highest BCUT2D eigenvalue weighted by Crippen LogP contribution is 2.45. The van der Waals surface area contributed by atoms with Gasteiger partial charge in [-0.15, -0.1) is 0 Å². The van der Waals surface area contributed by atoms with Crippen LogP contribution in [0.5, 0.6) is 0 Å². The molecule has 5 atom stereocenters. The number of phosphoric acid groups is 2. The molecular formula is C83H140O16P2. The fourth-order valence-corrected chi connectivity index (χ4v) is 11.7. The van der Waals surface area contributed by atoms with Crippen LogP contribution in [0.4, 0.5) is 0 Å². The van der Waals surface area contributed by atoms with Crippen LogP contribution in [0, 0.1) is 0 Å². The van der Waals surface area contributed by atoms with Gasteiger partial charge in [-0.2, -0.15) is 0 Å². The Bertz CT molecular complexity index is 2420. The molecule has 0 amide bonds. The van der Waals surface area contributed by atoms with E-state index >= 15 is 0 Å². The van der Waals surface area contributed by atoms with E-state index in [2.05, 4.69) is 167 Å². The zero-order valence-corrected chi connectivity index (χ0v) is 64.8. The van der Waals surface area contributed by atoms with Crippen LogP contribution < -0.4 is 0 Å². The fraction of sp³-hybridized carbons (Fsp3) is 0.675. The summed E-state index contributed by atoms with van der Waals surface area (Å²) in [5, 5.41) is 20.6. The average molecular weight is 1460 g/mol. The number of carbonyl (C=O) groups excluding carboxylic acids is 3. The minimum atomic E-state index is -4.94. The van der Waals surface area contributed by atoms with Crippen molar-refractivity contribution in [2.24, 2.45) is 0 Å². The van der Waals surface area contributed by atoms with Crippen molar-refractivity contribution in [3.63, 3.8) is 0 Å². The Balaban J connectivity index is 4.57. The molecule has 18 heteroatoms. The van der Waals surface area contributed by atoms with Gasteiger partial charge in [-0.05, 0) is 141 Å². The van der Waals surface area contributed by atoms with Crippen LogP contribution in [0.25, 0.3) is 0 Å². The normalized spacial score (nSPS) is 14.8. The highest BCUT2D eigenvalue weighted by molar-refractivity contribution is 7.47. The van der Waals surface area contributed by atoms with Gasteiger partial charge in [-0.1, -0.05) is 289 Å². The highest BCUT2D eigenvalue weighted by atomic mass is 31.2. The first kappa shape index (κ1) is 96.4. The molecule has 0 aromatic carbocycles. The van der Waals surface area contributed by atoms with Crippen molar-refractivity contribution in [1.29, 1.82) is 0 Å².